The van der Waals surface area contributed by atoms with Gasteiger partial charge in [0.25, 0.3) is 0 Å². The number of nitrogens with zero attached hydrogens (tertiary/aromatic N) is 1. The summed E-state index contributed by atoms with van der Waals surface area (Å²) in [5.41, 5.74) is 1.79. The second-order valence-electron chi connectivity index (χ2n) is 7.09. The van der Waals surface area contributed by atoms with Crippen molar-refractivity contribution in [3.05, 3.63) is 71.8 Å². The molecule has 3 rings (SSSR count). The molecule has 0 aromatic heterocycles. The van der Waals surface area contributed by atoms with Gasteiger partial charge in [0.05, 0.1) is 0 Å². The molecule has 2 nitrogen and oxygen atoms in total. The summed E-state index contributed by atoms with van der Waals surface area (Å²) in [6.45, 7) is 3.86. The highest BCUT2D eigenvalue weighted by Gasteiger charge is 2.08. The van der Waals surface area contributed by atoms with E-state index in [-0.39, 0.29) is 5.78 Å². The smallest absolute Gasteiger partial charge is 0.185 e. The minimum absolute atomic E-state index is 0.0442. The molecule has 2 aromatic carbocycles. The molecule has 1 heterocycles. The second-order valence-corrected chi connectivity index (χ2v) is 8.26. The van der Waals surface area contributed by atoms with Crippen LogP contribution < -0.4 is 0 Å². The van der Waals surface area contributed by atoms with Gasteiger partial charge >= 0.3 is 0 Å². The molecule has 0 amide bonds. The number of ketones is 1. The van der Waals surface area contributed by atoms with E-state index < -0.39 is 0 Å². The van der Waals surface area contributed by atoms with Crippen LogP contribution in [0.5, 0.6) is 0 Å². The van der Waals surface area contributed by atoms with Gasteiger partial charge in [-0.1, -0.05) is 55.0 Å². The molecule has 0 N–H and O–H groups in total. The molecule has 27 heavy (non-hydrogen) atoms. The van der Waals surface area contributed by atoms with Gasteiger partial charge in [0.15, 0.2) is 5.78 Å². The van der Waals surface area contributed by atoms with E-state index in [1.54, 1.807) is 6.08 Å². The Morgan fingerprint density at radius 3 is 2.41 bits per heavy atom. The van der Waals surface area contributed by atoms with Gasteiger partial charge in [-0.05, 0) is 74.8 Å². The van der Waals surface area contributed by atoms with Crippen molar-refractivity contribution in [1.82, 2.24) is 4.90 Å². The van der Waals surface area contributed by atoms with Crippen LogP contribution in [0.15, 0.2) is 65.6 Å². The Hall–Kier alpha value is -1.84. The van der Waals surface area contributed by atoms with E-state index in [1.165, 1.54) is 62.4 Å². The van der Waals surface area contributed by atoms with E-state index in [0.717, 1.165) is 11.1 Å². The summed E-state index contributed by atoms with van der Waals surface area (Å²) in [5.74, 6) is 1.22. The Balaban J connectivity index is 1.37. The average molecular weight is 380 g/mol. The molecule has 142 valence electrons. The molecule has 0 atom stereocenters. The number of carbonyl (C=O) groups excluding carboxylic acids is 1. The van der Waals surface area contributed by atoms with Gasteiger partial charge in [-0.3, -0.25) is 4.79 Å². The third kappa shape index (κ3) is 7.00. The summed E-state index contributed by atoms with van der Waals surface area (Å²) in [4.78, 5) is 16.0. The van der Waals surface area contributed by atoms with Gasteiger partial charge in [-0.15, -0.1) is 11.8 Å². The van der Waals surface area contributed by atoms with E-state index >= 15 is 0 Å². The van der Waals surface area contributed by atoms with Gasteiger partial charge in [-0.25, -0.2) is 0 Å². The van der Waals surface area contributed by atoms with E-state index in [1.807, 2.05) is 48.2 Å². The zero-order valence-electron chi connectivity index (χ0n) is 16.0. The van der Waals surface area contributed by atoms with Crippen molar-refractivity contribution in [1.29, 1.82) is 0 Å². The van der Waals surface area contributed by atoms with E-state index in [0.29, 0.717) is 0 Å². The number of benzene rings is 2. The molecule has 1 aliphatic heterocycles. The van der Waals surface area contributed by atoms with Crippen LogP contribution in [0, 0.1) is 0 Å². The Morgan fingerprint density at radius 2 is 1.67 bits per heavy atom. The summed E-state index contributed by atoms with van der Waals surface area (Å²) in [6.07, 6.45) is 10.3. The summed E-state index contributed by atoms with van der Waals surface area (Å²) in [7, 11) is 0. The van der Waals surface area contributed by atoms with E-state index in [4.69, 9.17) is 0 Å². The topological polar surface area (TPSA) is 20.3 Å². The number of allylic oxidation sites excluding steroid dienone is 1. The van der Waals surface area contributed by atoms with Gasteiger partial charge in [0.1, 0.15) is 0 Å². The van der Waals surface area contributed by atoms with Crippen LogP contribution in [0.25, 0.3) is 6.08 Å². The Morgan fingerprint density at radius 1 is 0.926 bits per heavy atom. The van der Waals surface area contributed by atoms with Crippen LogP contribution in [-0.4, -0.2) is 36.1 Å². The van der Waals surface area contributed by atoms with Gasteiger partial charge in [0, 0.05) is 10.5 Å². The summed E-state index contributed by atoms with van der Waals surface area (Å²) in [6, 6.07) is 17.9. The number of likely N-dealkylation sites (tertiary alicyclic amines) is 1. The lowest BCUT2D eigenvalue weighted by molar-refractivity contribution is 0.104. The Bertz CT molecular complexity index is 718. The molecule has 0 aliphatic carbocycles. The van der Waals surface area contributed by atoms with Crippen LogP contribution in [0.2, 0.25) is 0 Å². The molecule has 1 saturated heterocycles. The molecule has 0 radical (unpaired) electrons. The summed E-state index contributed by atoms with van der Waals surface area (Å²) >= 11 is 1.93. The number of hydrogen-bond donors (Lipinski definition) is 0. The van der Waals surface area contributed by atoms with Crippen molar-refractivity contribution in [3.8, 4) is 0 Å². The lowest BCUT2D eigenvalue weighted by Crippen LogP contribution is -2.30. The lowest BCUT2D eigenvalue weighted by atomic mass is 10.1. The predicted molar refractivity (Wildman–Crippen MR) is 116 cm³/mol. The third-order valence-corrected chi connectivity index (χ3v) is 6.05. The maximum absolute atomic E-state index is 12.1. The summed E-state index contributed by atoms with van der Waals surface area (Å²) < 4.78 is 0. The minimum atomic E-state index is 0.0442. The van der Waals surface area contributed by atoms with Gasteiger partial charge in [-0.2, -0.15) is 0 Å². The first-order chi connectivity index (χ1) is 13.3. The normalized spacial score (nSPS) is 15.3. The molecule has 2 aromatic rings. The number of carbonyl (C=O) groups is 1. The molecule has 0 saturated carbocycles. The third-order valence-electron chi connectivity index (χ3n) is 4.95. The highest BCUT2D eigenvalue weighted by atomic mass is 32.2. The molecular formula is C24H29NOS. The van der Waals surface area contributed by atoms with Gasteiger partial charge in [0.2, 0.25) is 0 Å². The summed E-state index contributed by atoms with van der Waals surface area (Å²) in [5, 5.41) is 0. The second kappa shape index (κ2) is 11.1. The first kappa shape index (κ1) is 19.9. The molecule has 3 heteroatoms. The molecular weight excluding hydrogens is 350 g/mol. The standard InChI is InChI=1S/C24H29NOS/c26-24(22-9-3-1-4-10-22)16-13-21-11-14-23(15-12-21)27-20-8-7-19-25-17-5-2-6-18-25/h1,3-4,9-16H,2,5-8,17-20H2/b16-13+. The van der Waals surface area contributed by atoms with E-state index in [9.17, 15) is 4.79 Å². The number of piperidine rings is 1. The van der Waals surface area contributed by atoms with Crippen molar-refractivity contribution in [2.45, 2.75) is 37.0 Å². The van der Waals surface area contributed by atoms with Crippen molar-refractivity contribution in [3.63, 3.8) is 0 Å². The Labute approximate surface area is 167 Å². The number of rotatable bonds is 9. The van der Waals surface area contributed by atoms with Crippen molar-refractivity contribution >= 4 is 23.6 Å². The first-order valence-electron chi connectivity index (χ1n) is 10.0. The fourth-order valence-electron chi connectivity index (χ4n) is 3.36. The average Bonchev–Trinajstić information content (AvgIpc) is 2.74. The molecule has 0 unspecified atom stereocenters. The number of thioether (sulfide) groups is 1. The first-order valence-corrected chi connectivity index (χ1v) is 11.0. The molecule has 1 fully saturated rings. The van der Waals surface area contributed by atoms with Crippen LogP contribution in [0.3, 0.4) is 0 Å². The van der Waals surface area contributed by atoms with E-state index in [2.05, 4.69) is 29.2 Å². The van der Waals surface area contributed by atoms with Crippen molar-refractivity contribution in [2.75, 3.05) is 25.4 Å². The fraction of sp³-hybridized carbons (Fsp3) is 0.375. The largest absolute Gasteiger partial charge is 0.303 e. The molecule has 0 spiro atoms. The fourth-order valence-corrected chi connectivity index (χ4v) is 4.27. The zero-order chi connectivity index (χ0) is 18.7. The highest BCUT2D eigenvalue weighted by molar-refractivity contribution is 7.99. The highest BCUT2D eigenvalue weighted by Crippen LogP contribution is 2.21. The zero-order valence-corrected chi connectivity index (χ0v) is 16.8. The maximum Gasteiger partial charge on any atom is 0.185 e. The molecule has 0 bridgehead atoms. The van der Waals surface area contributed by atoms with Crippen LogP contribution in [0.1, 0.15) is 48.0 Å². The number of hydrogen-bond acceptors (Lipinski definition) is 3. The predicted octanol–water partition coefficient (Wildman–Crippen LogP) is 5.94. The minimum Gasteiger partial charge on any atom is -0.303 e. The van der Waals surface area contributed by atoms with Gasteiger partial charge < -0.3 is 4.90 Å². The molecule has 1 aliphatic rings. The van der Waals surface area contributed by atoms with Crippen LogP contribution in [0.4, 0.5) is 0 Å². The lowest BCUT2D eigenvalue weighted by Gasteiger charge is -2.26. The Kier molecular flexibility index (Phi) is 8.19. The number of unbranched alkanes of at least 4 members (excludes halogenated alkanes) is 1. The SMILES string of the molecule is O=C(/C=C/c1ccc(SCCCCN2CCCCC2)cc1)c1ccccc1. The van der Waals surface area contributed by atoms with Crippen LogP contribution in [-0.2, 0) is 0 Å². The quantitative estimate of drug-likeness (QED) is 0.233. The van der Waals surface area contributed by atoms with Crippen LogP contribution >= 0.6 is 11.8 Å². The maximum atomic E-state index is 12.1. The van der Waals surface area contributed by atoms with Crippen molar-refractivity contribution < 1.29 is 4.79 Å². The van der Waals surface area contributed by atoms with Crippen molar-refractivity contribution in [2.24, 2.45) is 0 Å². The monoisotopic (exact) mass is 379 g/mol.